The van der Waals surface area contributed by atoms with Crippen molar-refractivity contribution < 1.29 is 9.90 Å². The predicted octanol–water partition coefficient (Wildman–Crippen LogP) is 2.82. The van der Waals surface area contributed by atoms with E-state index in [4.69, 9.17) is 9.90 Å². The first-order valence-electron chi connectivity index (χ1n) is 3.76. The lowest BCUT2D eigenvalue weighted by atomic mass is 10.1. The van der Waals surface area contributed by atoms with Crippen LogP contribution in [0.1, 0.15) is 18.1 Å². The molecular weight excluding hydrogens is 188 g/mol. The molecule has 2 nitrogen and oxygen atoms in total. The maximum Gasteiger partial charge on any atom is 0.300 e. The van der Waals surface area contributed by atoms with Crippen LogP contribution in [-0.2, 0) is 4.79 Å². The van der Waals surface area contributed by atoms with Gasteiger partial charge in [0.25, 0.3) is 5.97 Å². The van der Waals surface area contributed by atoms with Crippen molar-refractivity contribution in [3.05, 3.63) is 35.4 Å². The van der Waals surface area contributed by atoms with Crippen molar-refractivity contribution >= 4 is 18.4 Å². The van der Waals surface area contributed by atoms with Crippen molar-refractivity contribution in [2.75, 3.05) is 0 Å². The fourth-order valence-electron chi connectivity index (χ4n) is 0.663. The van der Waals surface area contributed by atoms with Gasteiger partial charge in [0.15, 0.2) is 0 Å². The third kappa shape index (κ3) is 8.89. The van der Waals surface area contributed by atoms with Crippen molar-refractivity contribution in [2.24, 2.45) is 0 Å². The van der Waals surface area contributed by atoms with Gasteiger partial charge >= 0.3 is 0 Å². The van der Waals surface area contributed by atoms with Crippen LogP contribution >= 0.6 is 12.4 Å². The van der Waals surface area contributed by atoms with Gasteiger partial charge in [0.1, 0.15) is 0 Å². The highest BCUT2D eigenvalue weighted by Crippen LogP contribution is 2.02. The zero-order valence-electron chi connectivity index (χ0n) is 8.07. The lowest BCUT2D eigenvalue weighted by Crippen LogP contribution is -1.78. The molecule has 0 saturated heterocycles. The van der Waals surface area contributed by atoms with Gasteiger partial charge in [-0.3, -0.25) is 4.79 Å². The maximum absolute atomic E-state index is 9.00. The molecule has 1 aromatic rings. The molecule has 0 atom stereocenters. The minimum atomic E-state index is -0.833. The number of hydrogen-bond acceptors (Lipinski definition) is 1. The first-order chi connectivity index (χ1) is 5.54. The molecule has 0 aliphatic rings. The summed E-state index contributed by atoms with van der Waals surface area (Å²) in [6, 6.07) is 8.36. The molecule has 1 N–H and O–H groups in total. The van der Waals surface area contributed by atoms with Crippen LogP contribution in [0.25, 0.3) is 0 Å². The van der Waals surface area contributed by atoms with Gasteiger partial charge in [-0.15, -0.1) is 12.4 Å². The summed E-state index contributed by atoms with van der Waals surface area (Å²) in [5.41, 5.74) is 2.74. The van der Waals surface area contributed by atoms with Gasteiger partial charge < -0.3 is 5.11 Å². The fourth-order valence-corrected chi connectivity index (χ4v) is 0.663. The van der Waals surface area contributed by atoms with Crippen molar-refractivity contribution in [1.29, 1.82) is 0 Å². The lowest BCUT2D eigenvalue weighted by molar-refractivity contribution is -0.134. The molecular formula is C10H15ClO2. The summed E-state index contributed by atoms with van der Waals surface area (Å²) in [5, 5.41) is 7.42. The molecule has 0 radical (unpaired) electrons. The Kier molecular flexibility index (Phi) is 8.50. The number of rotatable bonds is 0. The van der Waals surface area contributed by atoms with E-state index in [1.165, 1.54) is 11.1 Å². The van der Waals surface area contributed by atoms with Crippen molar-refractivity contribution in [3.63, 3.8) is 0 Å². The lowest BCUT2D eigenvalue weighted by Gasteiger charge is -1.93. The number of hydrogen-bond donors (Lipinski definition) is 1. The molecule has 0 unspecified atom stereocenters. The third-order valence-corrected chi connectivity index (χ3v) is 1.43. The Hall–Kier alpha value is -1.02. The maximum atomic E-state index is 9.00. The second kappa shape index (κ2) is 7.62. The number of aryl methyl sites for hydroxylation is 2. The topological polar surface area (TPSA) is 37.3 Å². The Morgan fingerprint density at radius 2 is 1.38 bits per heavy atom. The summed E-state index contributed by atoms with van der Waals surface area (Å²) < 4.78 is 0. The zero-order chi connectivity index (χ0) is 9.56. The molecule has 1 rings (SSSR count). The number of halogens is 1. The van der Waals surface area contributed by atoms with Crippen LogP contribution in [0.3, 0.4) is 0 Å². The largest absolute Gasteiger partial charge is 0.481 e. The van der Waals surface area contributed by atoms with E-state index in [1.807, 2.05) is 0 Å². The minimum absolute atomic E-state index is 0. The quantitative estimate of drug-likeness (QED) is 0.703. The van der Waals surface area contributed by atoms with Crippen LogP contribution in [0.15, 0.2) is 24.3 Å². The molecule has 0 heterocycles. The summed E-state index contributed by atoms with van der Waals surface area (Å²) >= 11 is 0. The van der Waals surface area contributed by atoms with Gasteiger partial charge in [-0.05, 0) is 25.0 Å². The highest BCUT2D eigenvalue weighted by Gasteiger charge is 1.83. The summed E-state index contributed by atoms with van der Waals surface area (Å²) in [4.78, 5) is 9.00. The van der Waals surface area contributed by atoms with Crippen molar-refractivity contribution in [1.82, 2.24) is 0 Å². The minimum Gasteiger partial charge on any atom is -0.481 e. The fraction of sp³-hybridized carbons (Fsp3) is 0.300. The van der Waals surface area contributed by atoms with Crippen LogP contribution in [0, 0.1) is 13.8 Å². The standard InChI is InChI=1S/C8H10.C2H4O2.ClH/c1-7-5-3-4-6-8(7)2;1-2(3)4;/h3-6H,1-2H3;1H3,(H,3,4);1H. The molecule has 0 aromatic heterocycles. The number of aliphatic carboxylic acids is 1. The zero-order valence-corrected chi connectivity index (χ0v) is 8.89. The van der Waals surface area contributed by atoms with E-state index in [2.05, 4.69) is 38.1 Å². The molecule has 0 saturated carbocycles. The van der Waals surface area contributed by atoms with E-state index in [0.717, 1.165) is 6.92 Å². The van der Waals surface area contributed by atoms with E-state index in [1.54, 1.807) is 0 Å². The monoisotopic (exact) mass is 202 g/mol. The normalized spacial score (nSPS) is 7.62. The number of benzene rings is 1. The molecule has 13 heavy (non-hydrogen) atoms. The third-order valence-electron chi connectivity index (χ3n) is 1.43. The Bertz CT molecular complexity index is 234. The van der Waals surface area contributed by atoms with Crippen LogP contribution < -0.4 is 0 Å². The SMILES string of the molecule is CC(=O)O.Cc1ccccc1C.Cl. The van der Waals surface area contributed by atoms with Gasteiger partial charge in [0.2, 0.25) is 0 Å². The molecule has 1 aromatic carbocycles. The molecule has 0 amide bonds. The second-order valence-corrected chi connectivity index (χ2v) is 2.60. The Morgan fingerprint density at radius 1 is 1.15 bits per heavy atom. The molecule has 0 aliphatic carbocycles. The van der Waals surface area contributed by atoms with Gasteiger partial charge in [-0.1, -0.05) is 24.3 Å². The molecule has 0 aliphatic heterocycles. The average Bonchev–Trinajstić information content (AvgIpc) is 1.94. The van der Waals surface area contributed by atoms with Crippen molar-refractivity contribution in [2.45, 2.75) is 20.8 Å². The van der Waals surface area contributed by atoms with Crippen LogP contribution in [-0.4, -0.2) is 11.1 Å². The number of carboxylic acids is 1. The Balaban J connectivity index is 0. The van der Waals surface area contributed by atoms with E-state index in [9.17, 15) is 0 Å². The molecule has 0 fully saturated rings. The van der Waals surface area contributed by atoms with Gasteiger partial charge in [0.05, 0.1) is 0 Å². The first kappa shape index (κ1) is 14.5. The number of carbonyl (C=O) groups is 1. The highest BCUT2D eigenvalue weighted by atomic mass is 35.5. The first-order valence-corrected chi connectivity index (χ1v) is 3.76. The van der Waals surface area contributed by atoms with Crippen LogP contribution in [0.4, 0.5) is 0 Å². The van der Waals surface area contributed by atoms with Gasteiger partial charge in [0, 0.05) is 6.92 Å². The Morgan fingerprint density at radius 3 is 1.54 bits per heavy atom. The van der Waals surface area contributed by atoms with Gasteiger partial charge in [-0.2, -0.15) is 0 Å². The summed E-state index contributed by atoms with van der Waals surface area (Å²) in [5.74, 6) is -0.833. The smallest absolute Gasteiger partial charge is 0.300 e. The van der Waals surface area contributed by atoms with Crippen LogP contribution in [0.5, 0.6) is 0 Å². The molecule has 0 bridgehead atoms. The summed E-state index contributed by atoms with van der Waals surface area (Å²) in [6.07, 6.45) is 0. The Labute approximate surface area is 85.0 Å². The van der Waals surface area contributed by atoms with E-state index in [-0.39, 0.29) is 12.4 Å². The van der Waals surface area contributed by atoms with Crippen LogP contribution in [0.2, 0.25) is 0 Å². The summed E-state index contributed by atoms with van der Waals surface area (Å²) in [7, 11) is 0. The second-order valence-electron chi connectivity index (χ2n) is 2.60. The predicted molar refractivity (Wildman–Crippen MR) is 56.5 cm³/mol. The highest BCUT2D eigenvalue weighted by molar-refractivity contribution is 5.85. The summed E-state index contributed by atoms with van der Waals surface area (Å²) in [6.45, 7) is 5.32. The molecule has 3 heteroatoms. The van der Waals surface area contributed by atoms with E-state index in [0.29, 0.717) is 0 Å². The van der Waals surface area contributed by atoms with Crippen molar-refractivity contribution in [3.8, 4) is 0 Å². The van der Waals surface area contributed by atoms with E-state index >= 15 is 0 Å². The van der Waals surface area contributed by atoms with E-state index < -0.39 is 5.97 Å². The average molecular weight is 203 g/mol. The van der Waals surface area contributed by atoms with Gasteiger partial charge in [-0.25, -0.2) is 0 Å². The number of carboxylic acid groups (broad SMARTS) is 1. The molecule has 0 spiro atoms. The molecule has 74 valence electrons.